The molecule has 2 heterocycles. The Kier molecular flexibility index (Phi) is 15.7. The summed E-state index contributed by atoms with van der Waals surface area (Å²) in [5.41, 5.74) is 11.4. The van der Waals surface area contributed by atoms with Gasteiger partial charge in [-0.15, -0.1) is 48.5 Å². The first kappa shape index (κ1) is 41.3. The molecule has 0 spiro atoms. The Morgan fingerprint density at radius 2 is 1.11 bits per heavy atom. The maximum absolute atomic E-state index is 9.48. The standard InChI is InChI=1S/C38H37N11O2.2Na/c1-48(22-24-50)37-44-33(42-35(46-37)40-30-8-4-3-5-9-30)28-18-14-26(15-19-28)12-13-27-16-20-29(21-17-27)34-43-36(41-32-11-7-6-10-31(32)39)47-38(45-34)49(2)23-25-51;;/h3-14,16,18-21,50-51H,22-25,39H2,1-2H3,(H,40,42,44,46)(H,41,43,45,47);;/q-2;2*+1. The van der Waals surface area contributed by atoms with Gasteiger partial charge in [0.2, 0.25) is 23.8 Å². The van der Waals surface area contributed by atoms with Gasteiger partial charge in [0, 0.05) is 32.9 Å². The molecule has 0 aliphatic rings. The molecule has 6 aromatic rings. The van der Waals surface area contributed by atoms with Crippen molar-refractivity contribution >= 4 is 53.0 Å². The summed E-state index contributed by atoms with van der Waals surface area (Å²) in [4.78, 5) is 31.2. The van der Waals surface area contributed by atoms with Crippen LogP contribution in [0.5, 0.6) is 0 Å². The number of rotatable bonds is 14. The second-order valence-electron chi connectivity index (χ2n) is 11.5. The van der Waals surface area contributed by atoms with Crippen molar-refractivity contribution in [2.24, 2.45) is 0 Å². The Morgan fingerprint density at radius 1 is 0.623 bits per heavy atom. The molecular weight excluding hydrogens is 688 g/mol. The number of aromatic nitrogens is 6. The number of benzene rings is 4. The number of aliphatic hydroxyl groups excluding tert-OH is 2. The summed E-state index contributed by atoms with van der Waals surface area (Å²) in [6, 6.07) is 35.0. The second kappa shape index (κ2) is 20.1. The third-order valence-electron chi connectivity index (χ3n) is 7.67. The fourth-order valence-corrected chi connectivity index (χ4v) is 4.86. The predicted octanol–water partition coefficient (Wildman–Crippen LogP) is -0.904. The van der Waals surface area contributed by atoms with Crippen molar-refractivity contribution in [1.82, 2.24) is 29.9 Å². The van der Waals surface area contributed by atoms with Gasteiger partial charge in [0.05, 0.1) is 24.6 Å². The normalized spacial score (nSPS) is 10.6. The van der Waals surface area contributed by atoms with Gasteiger partial charge in [0.25, 0.3) is 0 Å². The smallest absolute Gasteiger partial charge is 0.397 e. The van der Waals surface area contributed by atoms with E-state index in [0.29, 0.717) is 59.9 Å². The van der Waals surface area contributed by atoms with Gasteiger partial charge < -0.3 is 36.4 Å². The number of nitrogens with one attached hydrogen (secondary N) is 2. The summed E-state index contributed by atoms with van der Waals surface area (Å²) in [7, 11) is 3.63. The third-order valence-corrected chi connectivity index (χ3v) is 7.67. The third kappa shape index (κ3) is 11.3. The largest absolute Gasteiger partial charge is 1.00 e. The topological polar surface area (TPSA) is 174 Å². The molecule has 6 N–H and O–H groups in total. The van der Waals surface area contributed by atoms with Gasteiger partial charge in [-0.05, 0) is 24.3 Å². The Hall–Kier alpha value is -4.44. The number of hydrogen-bond donors (Lipinski definition) is 5. The molecule has 13 nitrogen and oxygen atoms in total. The Labute approximate surface area is 353 Å². The molecule has 0 unspecified atom stereocenters. The molecule has 0 saturated carbocycles. The van der Waals surface area contributed by atoms with Crippen molar-refractivity contribution in [2.45, 2.75) is 0 Å². The number of hydrogen-bond acceptors (Lipinski definition) is 13. The number of nitrogen functional groups attached to an aromatic ring is 1. The van der Waals surface area contributed by atoms with Crippen LogP contribution < -0.4 is 85.3 Å². The molecule has 53 heavy (non-hydrogen) atoms. The SMILES string of the molecule is CN(CCO)c1nc(Nc2ccccc2)nc(-c2c[c-]c(C=Cc3[c-]cc(-c4nc(Nc5ccccc5N)nc(N(C)CCO)n4)cc3)cc2)n1.[Na+].[Na+]. The summed E-state index contributed by atoms with van der Waals surface area (Å²) >= 11 is 0. The number of anilines is 7. The minimum absolute atomic E-state index is 0. The molecule has 0 atom stereocenters. The van der Waals surface area contributed by atoms with Gasteiger partial charge in [-0.3, -0.25) is 0 Å². The molecule has 0 amide bonds. The summed E-state index contributed by atoms with van der Waals surface area (Å²) < 4.78 is 0. The van der Waals surface area contributed by atoms with E-state index in [1.165, 1.54) is 0 Å². The van der Waals surface area contributed by atoms with Crippen LogP contribution in [0.1, 0.15) is 11.1 Å². The first-order chi connectivity index (χ1) is 24.9. The monoisotopic (exact) mass is 725 g/mol. The van der Waals surface area contributed by atoms with Crippen molar-refractivity contribution in [3.8, 4) is 22.8 Å². The fraction of sp³-hybridized carbons (Fsp3) is 0.158. The van der Waals surface area contributed by atoms with E-state index in [-0.39, 0.29) is 72.3 Å². The van der Waals surface area contributed by atoms with Gasteiger partial charge in [0.15, 0.2) is 0 Å². The quantitative estimate of drug-likeness (QED) is 0.0405. The molecule has 0 bridgehead atoms. The van der Waals surface area contributed by atoms with Crippen LogP contribution in [0.4, 0.5) is 40.9 Å². The van der Waals surface area contributed by atoms with E-state index in [9.17, 15) is 10.2 Å². The summed E-state index contributed by atoms with van der Waals surface area (Å²) in [6.07, 6.45) is 3.89. The minimum atomic E-state index is -0.0461. The number of nitrogens with two attached hydrogens (primary N) is 1. The van der Waals surface area contributed by atoms with E-state index in [4.69, 9.17) is 5.73 Å². The minimum Gasteiger partial charge on any atom is -0.397 e. The molecule has 258 valence electrons. The van der Waals surface area contributed by atoms with Gasteiger partial charge in [-0.25, -0.2) is 19.9 Å². The molecule has 2 aromatic heterocycles. The van der Waals surface area contributed by atoms with Crippen LogP contribution in [0.25, 0.3) is 34.9 Å². The van der Waals surface area contributed by atoms with Gasteiger partial charge >= 0.3 is 59.1 Å². The fourth-order valence-electron chi connectivity index (χ4n) is 4.86. The molecular formula is C38H37N11Na2O2. The zero-order valence-corrected chi connectivity index (χ0v) is 34.2. The summed E-state index contributed by atoms with van der Waals surface area (Å²) in [5.74, 6) is 2.50. The van der Waals surface area contributed by atoms with E-state index in [0.717, 1.165) is 27.9 Å². The van der Waals surface area contributed by atoms with Gasteiger partial charge in [-0.2, -0.15) is 33.2 Å². The predicted molar refractivity (Wildman–Crippen MR) is 202 cm³/mol. The number of para-hydroxylation sites is 3. The molecule has 0 saturated heterocycles. The molecule has 0 fully saturated rings. The maximum atomic E-state index is 9.48. The Bertz CT molecular complexity index is 2090. The van der Waals surface area contributed by atoms with Gasteiger partial charge in [-0.1, -0.05) is 41.5 Å². The molecule has 0 aliphatic carbocycles. The molecule has 15 heteroatoms. The van der Waals surface area contributed by atoms with Crippen LogP contribution >= 0.6 is 0 Å². The van der Waals surface area contributed by atoms with Crippen molar-refractivity contribution in [2.75, 3.05) is 66.6 Å². The number of nitrogens with zero attached hydrogens (tertiary/aromatic N) is 8. The summed E-state index contributed by atoms with van der Waals surface area (Å²) in [6.45, 7) is 0.659. The summed E-state index contributed by atoms with van der Waals surface area (Å²) in [5, 5.41) is 25.4. The maximum Gasteiger partial charge on any atom is 1.00 e. The van der Waals surface area contributed by atoms with Crippen molar-refractivity contribution < 1.29 is 69.3 Å². The van der Waals surface area contributed by atoms with Crippen molar-refractivity contribution in [3.05, 3.63) is 114 Å². The zero-order valence-electron chi connectivity index (χ0n) is 30.2. The second-order valence-corrected chi connectivity index (χ2v) is 11.5. The van der Waals surface area contributed by atoms with E-state index in [1.807, 2.05) is 104 Å². The van der Waals surface area contributed by atoms with Crippen LogP contribution in [0.15, 0.2) is 91.0 Å². The Balaban J connectivity index is 0.00000314. The van der Waals surface area contributed by atoms with E-state index in [2.05, 4.69) is 52.7 Å². The van der Waals surface area contributed by atoms with Crippen LogP contribution in [-0.2, 0) is 0 Å². The zero-order chi connectivity index (χ0) is 35.6. The average Bonchev–Trinajstić information content (AvgIpc) is 3.16. The molecule has 6 rings (SSSR count). The van der Waals surface area contributed by atoms with Gasteiger partial charge in [0.1, 0.15) is 11.6 Å². The van der Waals surface area contributed by atoms with E-state index >= 15 is 0 Å². The van der Waals surface area contributed by atoms with E-state index < -0.39 is 0 Å². The average molecular weight is 726 g/mol. The number of aliphatic hydroxyl groups is 2. The van der Waals surface area contributed by atoms with E-state index in [1.54, 1.807) is 22.9 Å². The molecule has 0 radical (unpaired) electrons. The Morgan fingerprint density at radius 3 is 1.58 bits per heavy atom. The molecule has 0 aliphatic heterocycles. The number of likely N-dealkylation sites (N-methyl/N-ethyl adjacent to an activating group) is 2. The van der Waals surface area contributed by atoms with Crippen LogP contribution in [-0.4, -0.2) is 80.5 Å². The van der Waals surface area contributed by atoms with Crippen molar-refractivity contribution in [3.63, 3.8) is 0 Å². The van der Waals surface area contributed by atoms with Crippen molar-refractivity contribution in [1.29, 1.82) is 0 Å². The van der Waals surface area contributed by atoms with Crippen LogP contribution in [0, 0.1) is 12.1 Å². The first-order valence-corrected chi connectivity index (χ1v) is 16.2. The van der Waals surface area contributed by atoms with Crippen LogP contribution in [0.3, 0.4) is 0 Å². The molecule has 4 aromatic carbocycles. The van der Waals surface area contributed by atoms with Crippen LogP contribution in [0.2, 0.25) is 0 Å². The first-order valence-electron chi connectivity index (χ1n) is 16.2.